The number of benzene rings is 1. The Bertz CT molecular complexity index is 1390. The summed E-state index contributed by atoms with van der Waals surface area (Å²) in [5.74, 6) is -4.43. The SMILES string of the molecule is COC(=O)C#Cc1cc(N(C)C)c2c(c1O)C(O)=C1C(=O)[C@@]3(O)C(=O)C(C(N)=O)C(O)[C@H](N(C)C)[C@H]3C[C@H]1C2. The quantitative estimate of drug-likeness (QED) is 0.174. The van der Waals surface area contributed by atoms with E-state index in [2.05, 4.69) is 16.6 Å². The number of aliphatic hydroxyl groups excluding tert-OH is 2. The van der Waals surface area contributed by atoms with Gasteiger partial charge in [-0.05, 0) is 44.5 Å². The number of hydrogen-bond acceptors (Lipinski definition) is 11. The predicted octanol–water partition coefficient (Wildman–Crippen LogP) is -1.28. The van der Waals surface area contributed by atoms with Crippen molar-refractivity contribution < 1.29 is 44.3 Å². The third-order valence-corrected chi connectivity index (χ3v) is 8.03. The average molecular weight is 542 g/mol. The number of ketones is 2. The highest BCUT2D eigenvalue weighted by atomic mass is 16.5. The fourth-order valence-electron chi connectivity index (χ4n) is 6.32. The first-order valence-corrected chi connectivity index (χ1v) is 12.2. The number of fused-ring (bicyclic) bond motifs is 3. The summed E-state index contributed by atoms with van der Waals surface area (Å²) < 4.78 is 4.52. The number of carbonyl (C=O) groups excluding carboxylic acids is 4. The van der Waals surface area contributed by atoms with Crippen LogP contribution in [0.3, 0.4) is 0 Å². The number of methoxy groups -OCH3 is 1. The number of rotatable bonds is 3. The average Bonchev–Trinajstić information content (AvgIpc) is 2.84. The molecule has 0 radical (unpaired) electrons. The number of carbonyl (C=O) groups is 4. The van der Waals surface area contributed by atoms with Gasteiger partial charge in [-0.15, -0.1) is 0 Å². The first kappa shape index (κ1) is 28.1. The zero-order valence-corrected chi connectivity index (χ0v) is 22.2. The molecule has 0 aliphatic heterocycles. The molecule has 0 saturated heterocycles. The molecule has 3 aliphatic rings. The number of anilines is 1. The fourth-order valence-corrected chi connectivity index (χ4v) is 6.32. The minimum Gasteiger partial charge on any atom is -0.507 e. The maximum atomic E-state index is 13.9. The third kappa shape index (κ3) is 4.05. The second-order valence-electron chi connectivity index (χ2n) is 10.6. The predicted molar refractivity (Wildman–Crippen MR) is 137 cm³/mol. The summed E-state index contributed by atoms with van der Waals surface area (Å²) in [6, 6.07) is 0.564. The number of ether oxygens (including phenoxy) is 1. The lowest BCUT2D eigenvalue weighted by atomic mass is 9.54. The van der Waals surface area contributed by atoms with E-state index in [0.717, 1.165) is 7.11 Å². The van der Waals surface area contributed by atoms with Crippen molar-refractivity contribution in [2.45, 2.75) is 30.6 Å². The number of likely N-dealkylation sites (N-methyl/N-ethyl adjacent to an activating group) is 1. The lowest BCUT2D eigenvalue weighted by Crippen LogP contribution is -2.73. The van der Waals surface area contributed by atoms with Gasteiger partial charge in [0.1, 0.15) is 17.4 Å². The highest BCUT2D eigenvalue weighted by Gasteiger charge is 2.67. The summed E-state index contributed by atoms with van der Waals surface area (Å²) in [5.41, 5.74) is 3.28. The molecule has 0 bridgehead atoms. The van der Waals surface area contributed by atoms with Crippen LogP contribution < -0.4 is 10.6 Å². The highest BCUT2D eigenvalue weighted by Crippen LogP contribution is 2.53. The van der Waals surface area contributed by atoms with Gasteiger partial charge >= 0.3 is 5.97 Å². The monoisotopic (exact) mass is 541 g/mol. The van der Waals surface area contributed by atoms with Crippen LogP contribution in [0.15, 0.2) is 11.6 Å². The van der Waals surface area contributed by atoms with E-state index in [1.165, 1.54) is 11.0 Å². The van der Waals surface area contributed by atoms with Gasteiger partial charge in [-0.3, -0.25) is 14.4 Å². The number of phenols is 1. The first-order chi connectivity index (χ1) is 18.2. The van der Waals surface area contributed by atoms with Gasteiger partial charge < -0.3 is 40.7 Å². The summed E-state index contributed by atoms with van der Waals surface area (Å²) >= 11 is 0. The second-order valence-corrected chi connectivity index (χ2v) is 10.6. The van der Waals surface area contributed by atoms with Crippen molar-refractivity contribution >= 4 is 34.9 Å². The van der Waals surface area contributed by atoms with E-state index in [-0.39, 0.29) is 29.5 Å². The van der Waals surface area contributed by atoms with Gasteiger partial charge in [-0.1, -0.05) is 5.92 Å². The first-order valence-electron chi connectivity index (χ1n) is 12.2. The molecule has 208 valence electrons. The number of aliphatic hydroxyl groups is 3. The molecule has 12 heteroatoms. The van der Waals surface area contributed by atoms with Gasteiger partial charge in [-0.2, -0.15) is 0 Å². The van der Waals surface area contributed by atoms with E-state index < -0.39 is 70.5 Å². The Morgan fingerprint density at radius 2 is 1.82 bits per heavy atom. The number of aromatic hydroxyl groups is 1. The second kappa shape index (κ2) is 9.68. The number of esters is 1. The molecule has 1 amide bonds. The number of nitrogens with two attached hydrogens (primary N) is 1. The molecule has 4 rings (SSSR count). The molecule has 2 saturated carbocycles. The fraction of sp³-hybridized carbons (Fsp3) is 0.481. The van der Waals surface area contributed by atoms with E-state index in [4.69, 9.17) is 5.73 Å². The molecule has 1 aromatic carbocycles. The molecule has 0 spiro atoms. The summed E-state index contributed by atoms with van der Waals surface area (Å²) in [4.78, 5) is 54.3. The number of hydrogen-bond donors (Lipinski definition) is 5. The molecule has 1 aromatic rings. The Morgan fingerprint density at radius 3 is 2.36 bits per heavy atom. The lowest BCUT2D eigenvalue weighted by Gasteiger charge is -2.53. The minimum absolute atomic E-state index is 0.00965. The van der Waals surface area contributed by atoms with Crippen molar-refractivity contribution in [3.63, 3.8) is 0 Å². The number of phenolic OH excluding ortho intramolecular Hbond substituents is 1. The molecular formula is C27H31N3O9. The Kier molecular flexibility index (Phi) is 6.97. The number of primary amides is 1. The molecule has 2 unspecified atom stereocenters. The minimum atomic E-state index is -2.74. The number of nitrogens with zero attached hydrogens (tertiary/aromatic N) is 2. The zero-order valence-electron chi connectivity index (χ0n) is 22.2. The van der Waals surface area contributed by atoms with Gasteiger partial charge in [0, 0.05) is 43.2 Å². The molecule has 0 heterocycles. The van der Waals surface area contributed by atoms with Gasteiger partial charge in [0.25, 0.3) is 0 Å². The van der Waals surface area contributed by atoms with Gasteiger partial charge in [0.05, 0.1) is 24.3 Å². The van der Waals surface area contributed by atoms with Gasteiger partial charge in [0.2, 0.25) is 11.7 Å². The van der Waals surface area contributed by atoms with Crippen LogP contribution in [0.2, 0.25) is 0 Å². The van der Waals surface area contributed by atoms with Crippen LogP contribution in [-0.4, -0.2) is 102 Å². The Balaban J connectivity index is 1.96. The summed E-state index contributed by atoms with van der Waals surface area (Å²) in [6.45, 7) is 0. The van der Waals surface area contributed by atoms with Crippen LogP contribution in [0.1, 0.15) is 23.1 Å². The molecule has 3 aliphatic carbocycles. The number of Topliss-reactive ketones (excluding diaryl/α,β-unsaturated/α-hetero) is 2. The molecular weight excluding hydrogens is 510 g/mol. The topological polar surface area (TPSA) is 191 Å². The van der Waals surface area contributed by atoms with E-state index in [9.17, 15) is 39.6 Å². The summed E-state index contributed by atoms with van der Waals surface area (Å²) in [5, 5.41) is 45.1. The molecule has 39 heavy (non-hydrogen) atoms. The maximum Gasteiger partial charge on any atom is 0.384 e. The van der Waals surface area contributed by atoms with Crippen molar-refractivity contribution in [1.82, 2.24) is 4.90 Å². The van der Waals surface area contributed by atoms with Crippen LogP contribution >= 0.6 is 0 Å². The molecule has 0 aromatic heterocycles. The van der Waals surface area contributed by atoms with E-state index >= 15 is 0 Å². The smallest absolute Gasteiger partial charge is 0.384 e. The van der Waals surface area contributed by atoms with Crippen LogP contribution in [0.4, 0.5) is 5.69 Å². The van der Waals surface area contributed by atoms with Crippen LogP contribution in [-0.2, 0) is 30.3 Å². The molecule has 6 N–H and O–H groups in total. The van der Waals surface area contributed by atoms with Crippen LogP contribution in [0.5, 0.6) is 5.75 Å². The van der Waals surface area contributed by atoms with Crippen molar-refractivity contribution in [2.24, 2.45) is 23.5 Å². The van der Waals surface area contributed by atoms with E-state index in [0.29, 0.717) is 11.3 Å². The lowest BCUT2D eigenvalue weighted by molar-refractivity contribution is -0.184. The van der Waals surface area contributed by atoms with E-state index in [1.807, 2.05) is 0 Å². The molecule has 12 nitrogen and oxygen atoms in total. The van der Waals surface area contributed by atoms with Crippen molar-refractivity contribution in [2.75, 3.05) is 40.2 Å². The zero-order chi connectivity index (χ0) is 29.1. The third-order valence-electron chi connectivity index (χ3n) is 8.03. The van der Waals surface area contributed by atoms with Crippen molar-refractivity contribution in [3.05, 3.63) is 28.3 Å². The van der Waals surface area contributed by atoms with Crippen LogP contribution in [0.25, 0.3) is 5.76 Å². The summed E-state index contributed by atoms with van der Waals surface area (Å²) in [7, 11) is 7.78. The normalized spacial score (nSPS) is 29.6. The van der Waals surface area contributed by atoms with E-state index in [1.54, 1.807) is 33.1 Å². The van der Waals surface area contributed by atoms with Crippen molar-refractivity contribution in [1.29, 1.82) is 0 Å². The van der Waals surface area contributed by atoms with Crippen LogP contribution in [0, 0.1) is 29.6 Å². The highest BCUT2D eigenvalue weighted by molar-refractivity contribution is 6.25. The maximum absolute atomic E-state index is 13.9. The Morgan fingerprint density at radius 1 is 1.18 bits per heavy atom. The van der Waals surface area contributed by atoms with Crippen molar-refractivity contribution in [3.8, 4) is 17.6 Å². The van der Waals surface area contributed by atoms with Gasteiger partial charge in [-0.25, -0.2) is 4.79 Å². The van der Waals surface area contributed by atoms with Gasteiger partial charge in [0.15, 0.2) is 11.4 Å². The Hall–Kier alpha value is -3.92. The standard InChI is InChI=1S/C27H31N3O9/c1-29(2)15-10-11(6-7-16(31)39-5)21(32)18-13(15)8-12-9-14-20(30(3)4)23(34)19(26(28)37)25(36)27(14,38)24(35)17(12)22(18)33/h10,12,14,19-20,23,32-34,38H,8-9H2,1-5H3,(H2,28,37)/t12-,14-,19?,20-,23?,27-/m1/s1. The Labute approximate surface area is 224 Å². The largest absolute Gasteiger partial charge is 0.507 e. The number of amides is 1. The summed E-state index contributed by atoms with van der Waals surface area (Å²) in [6.07, 6.45) is -1.41. The molecule has 2 fully saturated rings. The molecule has 6 atom stereocenters.